The number of carbonyl (C=O) groups excluding carboxylic acids is 1. The maximum Gasteiger partial charge on any atom is 0.442 e. The number of hydrogen-bond acceptors (Lipinski definition) is 11. The van der Waals surface area contributed by atoms with Crippen LogP contribution in [0.15, 0.2) is 52.3 Å². The molecule has 1 unspecified atom stereocenters. The van der Waals surface area contributed by atoms with Crippen LogP contribution in [-0.2, 0) is 30.5 Å². The number of halogens is 5. The number of benzene rings is 2. The van der Waals surface area contributed by atoms with Crippen molar-refractivity contribution in [3.05, 3.63) is 68.7 Å². The van der Waals surface area contributed by atoms with Crippen molar-refractivity contribution >= 4 is 50.7 Å². The molecule has 13 nitrogen and oxygen atoms in total. The molecule has 0 saturated carbocycles. The van der Waals surface area contributed by atoms with Crippen molar-refractivity contribution in [3.63, 3.8) is 0 Å². The van der Waals surface area contributed by atoms with E-state index in [1.165, 1.54) is 42.5 Å². The Morgan fingerprint density at radius 1 is 1.14 bits per heavy atom. The van der Waals surface area contributed by atoms with Crippen LogP contribution in [0.5, 0.6) is 11.5 Å². The van der Waals surface area contributed by atoms with Gasteiger partial charge in [0.05, 0.1) is 27.4 Å². The topological polar surface area (TPSA) is 142 Å². The summed E-state index contributed by atoms with van der Waals surface area (Å²) in [7, 11) is -4.02. The second kappa shape index (κ2) is 14.1. The largest absolute Gasteiger partial charge is 0.455 e. The van der Waals surface area contributed by atoms with Gasteiger partial charge in [0.15, 0.2) is 17.0 Å². The quantitative estimate of drug-likeness (QED) is 0.121. The highest BCUT2D eigenvalue weighted by Gasteiger charge is 2.39. The molecule has 2 aromatic heterocycles. The summed E-state index contributed by atoms with van der Waals surface area (Å²) in [6, 6.07) is 3.56. The lowest BCUT2D eigenvalue weighted by atomic mass is 10.0. The highest BCUT2D eigenvalue weighted by atomic mass is 35.5. The first-order valence-corrected chi connectivity index (χ1v) is 17.4. The number of thiazole rings is 1. The minimum atomic E-state index is -5.05. The van der Waals surface area contributed by atoms with Crippen LogP contribution in [0, 0.1) is 10.7 Å². The van der Waals surface area contributed by atoms with E-state index in [0.29, 0.717) is 37.3 Å². The number of sulfonamides is 1. The van der Waals surface area contributed by atoms with Crippen LogP contribution >= 0.6 is 22.9 Å². The number of hydrogen-bond donors (Lipinski definition) is 0. The molecule has 4 aromatic rings. The van der Waals surface area contributed by atoms with Crippen LogP contribution in [0.4, 0.5) is 34.0 Å². The van der Waals surface area contributed by atoms with Gasteiger partial charge in [0.1, 0.15) is 40.5 Å². The van der Waals surface area contributed by atoms with Crippen LogP contribution in [0.3, 0.4) is 0 Å². The van der Waals surface area contributed by atoms with Gasteiger partial charge >= 0.3 is 18.1 Å². The third kappa shape index (κ3) is 7.85. The van der Waals surface area contributed by atoms with Crippen molar-refractivity contribution in [1.82, 2.24) is 14.8 Å². The smallest absolute Gasteiger partial charge is 0.442 e. The zero-order valence-electron chi connectivity index (χ0n) is 26.7. The van der Waals surface area contributed by atoms with Crippen molar-refractivity contribution in [3.8, 4) is 22.6 Å². The molecule has 1 atom stereocenters. The van der Waals surface area contributed by atoms with Crippen molar-refractivity contribution in [1.29, 1.82) is 0 Å². The van der Waals surface area contributed by atoms with Crippen LogP contribution in [0.25, 0.3) is 11.1 Å². The molecule has 0 bridgehead atoms. The predicted molar refractivity (Wildman–Crippen MR) is 171 cm³/mol. The summed E-state index contributed by atoms with van der Waals surface area (Å²) in [6.07, 6.45) is -3.46. The van der Waals surface area contributed by atoms with Crippen LogP contribution in [0.2, 0.25) is 5.02 Å². The van der Waals surface area contributed by atoms with Crippen LogP contribution in [0.1, 0.15) is 51.8 Å². The van der Waals surface area contributed by atoms with Crippen molar-refractivity contribution < 1.29 is 54.7 Å². The molecular weight excluding hydrogens is 734 g/mol. The summed E-state index contributed by atoms with van der Waals surface area (Å²) in [5.74, 6) is -3.10. The van der Waals surface area contributed by atoms with Gasteiger partial charge in [0.25, 0.3) is 10.0 Å². The zero-order chi connectivity index (χ0) is 36.6. The third-order valence-electron chi connectivity index (χ3n) is 7.01. The number of anilines is 1. The van der Waals surface area contributed by atoms with E-state index in [4.69, 9.17) is 30.6 Å². The lowest BCUT2D eigenvalue weighted by Gasteiger charge is -2.26. The Morgan fingerprint density at radius 2 is 1.88 bits per heavy atom. The van der Waals surface area contributed by atoms with E-state index >= 15 is 4.39 Å². The number of carbonyl (C=O) groups is 1. The standard InChI is InChI=1S/C30H29ClF4N5O8S2/c1-29(2,3)48-28(41)39(25-15-49-16-36-25)50(43,44)24-12-20(31)23(13-21(24)32)47-22-9-8-17(30(33,34)35)11-18(22)19-14-38(26-7-5-6-10-46-26)37-27(19)40(42)45-4/h8-9,11-16,26H,5-7,10H2,1-4H3/q+1. The number of aromatic nitrogens is 3. The molecule has 0 aliphatic carbocycles. The van der Waals surface area contributed by atoms with E-state index in [1.54, 1.807) is 0 Å². The fraction of sp³-hybridized carbons (Fsp3) is 0.367. The van der Waals surface area contributed by atoms with E-state index < -0.39 is 67.0 Å². The second-order valence-electron chi connectivity index (χ2n) is 11.7. The highest BCUT2D eigenvalue weighted by Crippen LogP contribution is 2.44. The SMILES string of the molecule is CO[N+](=O)c1nn(C2CCCCO2)cc1-c1cc(C(F)(F)F)ccc1Oc1cc(F)c(S(=O)(=O)N(C(=O)OC(C)(C)C)c2cscn2)cc1Cl. The Hall–Kier alpha value is -4.33. The molecule has 5 rings (SSSR count). The van der Waals surface area contributed by atoms with Gasteiger partial charge in [-0.05, 0) is 69.2 Å². The van der Waals surface area contributed by atoms with E-state index in [1.807, 2.05) is 0 Å². The molecule has 20 heteroatoms. The fourth-order valence-electron chi connectivity index (χ4n) is 4.81. The molecule has 1 fully saturated rings. The van der Waals surface area contributed by atoms with E-state index in [0.717, 1.165) is 37.4 Å². The summed E-state index contributed by atoms with van der Waals surface area (Å²) >= 11 is 7.35. The Balaban J connectivity index is 1.59. The first-order valence-electron chi connectivity index (χ1n) is 14.7. The number of ether oxygens (including phenoxy) is 3. The molecule has 3 heterocycles. The Kier molecular flexibility index (Phi) is 10.4. The van der Waals surface area contributed by atoms with Gasteiger partial charge < -0.3 is 19.0 Å². The number of rotatable bonds is 9. The Morgan fingerprint density at radius 3 is 2.48 bits per heavy atom. The minimum absolute atomic E-state index is 0.0102. The average molecular weight is 763 g/mol. The van der Waals surface area contributed by atoms with Crippen LogP contribution < -0.4 is 9.04 Å². The lowest BCUT2D eigenvalue weighted by molar-refractivity contribution is -0.738. The summed E-state index contributed by atoms with van der Waals surface area (Å²) in [5.41, 5.74) is -1.49. The van der Waals surface area contributed by atoms with Gasteiger partial charge in [-0.1, -0.05) is 11.6 Å². The zero-order valence-corrected chi connectivity index (χ0v) is 29.1. The summed E-state index contributed by atoms with van der Waals surface area (Å²) in [5, 5.41) is 4.93. The normalized spacial score (nSPS) is 15.4. The first kappa shape index (κ1) is 36.9. The van der Waals surface area contributed by atoms with Gasteiger partial charge in [0, 0.05) is 23.6 Å². The van der Waals surface area contributed by atoms with Crippen molar-refractivity contribution in [2.75, 3.05) is 18.0 Å². The molecule has 0 N–H and O–H groups in total. The molecule has 1 aliphatic rings. The Labute approximate surface area is 291 Å². The van der Waals surface area contributed by atoms with E-state index in [2.05, 4.69) is 10.1 Å². The average Bonchev–Trinajstić information content (AvgIpc) is 3.72. The summed E-state index contributed by atoms with van der Waals surface area (Å²) in [4.78, 5) is 33.3. The summed E-state index contributed by atoms with van der Waals surface area (Å²) < 4.78 is 103. The van der Waals surface area contributed by atoms with Gasteiger partial charge in [0.2, 0.25) is 0 Å². The monoisotopic (exact) mass is 762 g/mol. The molecule has 1 aliphatic heterocycles. The molecule has 1 amide bonds. The molecule has 0 spiro atoms. The fourth-order valence-corrected chi connectivity index (χ4v) is 7.01. The van der Waals surface area contributed by atoms with Gasteiger partial charge in [-0.15, -0.1) is 15.6 Å². The van der Waals surface area contributed by atoms with Crippen molar-refractivity contribution in [2.24, 2.45) is 0 Å². The molecule has 0 radical (unpaired) electrons. The number of nitrogens with zero attached hydrogens (tertiary/aromatic N) is 5. The molecule has 268 valence electrons. The maximum absolute atomic E-state index is 15.7. The highest BCUT2D eigenvalue weighted by molar-refractivity contribution is 7.93. The minimum Gasteiger partial charge on any atom is -0.455 e. The number of amides is 1. The van der Waals surface area contributed by atoms with Crippen molar-refractivity contribution in [2.45, 2.75) is 62.9 Å². The van der Waals surface area contributed by atoms with Crippen LogP contribution in [-0.4, -0.2) is 53.5 Å². The third-order valence-corrected chi connectivity index (χ3v) is 9.57. The molecule has 50 heavy (non-hydrogen) atoms. The van der Waals surface area contributed by atoms with Gasteiger partial charge in [-0.25, -0.2) is 22.6 Å². The van der Waals surface area contributed by atoms with Gasteiger partial charge in [-0.2, -0.15) is 17.9 Å². The molecule has 1 saturated heterocycles. The maximum atomic E-state index is 15.7. The van der Waals surface area contributed by atoms with E-state index in [-0.39, 0.29) is 31.9 Å². The number of alkyl halides is 3. The summed E-state index contributed by atoms with van der Waals surface area (Å²) in [6.45, 7) is 4.89. The van der Waals surface area contributed by atoms with E-state index in [9.17, 15) is 31.3 Å². The molecular formula is C30H29ClF4N5O8S2+. The lowest BCUT2D eigenvalue weighted by Crippen LogP contribution is -2.41. The van der Waals surface area contributed by atoms with Gasteiger partial charge in [-0.3, -0.25) is 0 Å². The predicted octanol–water partition coefficient (Wildman–Crippen LogP) is 8.41. The molecule has 2 aromatic carbocycles. The first-order chi connectivity index (χ1) is 23.4. The second-order valence-corrected chi connectivity index (χ2v) is 14.6. The Bertz CT molecular complexity index is 2010.